The first kappa shape index (κ1) is 14.6. The second-order valence-corrected chi connectivity index (χ2v) is 4.67. The highest BCUT2D eigenvalue weighted by Crippen LogP contribution is 2.30. The lowest BCUT2D eigenvalue weighted by molar-refractivity contribution is -0.141. The first-order valence-electron chi connectivity index (χ1n) is 6.63. The van der Waals surface area contributed by atoms with Gasteiger partial charge in [0.2, 0.25) is 0 Å². The van der Waals surface area contributed by atoms with Crippen LogP contribution in [0.5, 0.6) is 0 Å². The van der Waals surface area contributed by atoms with E-state index in [1.54, 1.807) is 0 Å². The molecule has 0 aliphatic carbocycles. The molecule has 0 radical (unpaired) electrons. The average molecular weight is 286 g/mol. The third-order valence-electron chi connectivity index (χ3n) is 3.15. The Hall–Kier alpha value is -1.79. The Kier molecular flexibility index (Phi) is 4.15. The van der Waals surface area contributed by atoms with Gasteiger partial charge in [-0.2, -0.15) is 18.3 Å². The fourth-order valence-electron chi connectivity index (χ4n) is 2.09. The normalized spacial score (nSPS) is 13.7. The van der Waals surface area contributed by atoms with E-state index in [4.69, 9.17) is 0 Å². The molecule has 0 aromatic carbocycles. The zero-order valence-electron chi connectivity index (χ0n) is 11.4. The summed E-state index contributed by atoms with van der Waals surface area (Å²) >= 11 is 0. The smallest absolute Gasteiger partial charge is 0.366 e. The minimum absolute atomic E-state index is 0.197. The molecule has 2 aromatic heterocycles. The van der Waals surface area contributed by atoms with E-state index in [-0.39, 0.29) is 6.04 Å². The number of alkyl halides is 3. The molecule has 1 atom stereocenters. The number of hydrogen-bond donors (Lipinski definition) is 1. The van der Waals surface area contributed by atoms with E-state index in [2.05, 4.69) is 22.3 Å². The van der Waals surface area contributed by atoms with Crippen LogP contribution in [0.1, 0.15) is 38.8 Å². The maximum absolute atomic E-state index is 12.7. The zero-order chi connectivity index (χ0) is 14.8. The van der Waals surface area contributed by atoms with Crippen molar-refractivity contribution in [2.75, 3.05) is 5.32 Å². The van der Waals surface area contributed by atoms with Gasteiger partial charge in [-0.05, 0) is 12.8 Å². The molecule has 2 rings (SSSR count). The minimum atomic E-state index is -4.45. The predicted molar refractivity (Wildman–Crippen MR) is 70.6 cm³/mol. The van der Waals surface area contributed by atoms with Crippen molar-refractivity contribution in [1.29, 1.82) is 0 Å². The summed E-state index contributed by atoms with van der Waals surface area (Å²) in [6.45, 7) is 4.10. The first-order valence-corrected chi connectivity index (χ1v) is 6.63. The summed E-state index contributed by atoms with van der Waals surface area (Å²) in [4.78, 5) is 4.13. The summed E-state index contributed by atoms with van der Waals surface area (Å²) in [5, 5.41) is 6.73. The van der Waals surface area contributed by atoms with E-state index >= 15 is 0 Å². The van der Waals surface area contributed by atoms with Gasteiger partial charge in [0.05, 0.1) is 0 Å². The van der Waals surface area contributed by atoms with E-state index in [1.165, 1.54) is 16.9 Å². The zero-order valence-corrected chi connectivity index (χ0v) is 11.4. The Morgan fingerprint density at radius 3 is 2.70 bits per heavy atom. The predicted octanol–water partition coefficient (Wildman–Crippen LogP) is 3.74. The maximum atomic E-state index is 12.7. The molecule has 0 amide bonds. The fourth-order valence-corrected chi connectivity index (χ4v) is 2.09. The van der Waals surface area contributed by atoms with Crippen molar-refractivity contribution in [2.24, 2.45) is 0 Å². The standard InChI is InChI=1S/C13H17F3N4/c1-3-5-9(4-2)18-12-10-8-11(13(14,15)16)19-20(10)7-6-17-12/h6-9H,3-5H2,1-2H3,(H,17,18). The minimum Gasteiger partial charge on any atom is -0.366 e. The number of rotatable bonds is 5. The van der Waals surface area contributed by atoms with Crippen LogP contribution in [0.4, 0.5) is 19.0 Å². The molecule has 0 fully saturated rings. The van der Waals surface area contributed by atoms with Crippen LogP contribution in [0, 0.1) is 0 Å². The highest BCUT2D eigenvalue weighted by molar-refractivity contribution is 5.68. The van der Waals surface area contributed by atoms with Crippen molar-refractivity contribution < 1.29 is 13.2 Å². The number of fused-ring (bicyclic) bond motifs is 1. The van der Waals surface area contributed by atoms with Gasteiger partial charge in [0.1, 0.15) is 5.52 Å². The van der Waals surface area contributed by atoms with Crippen molar-refractivity contribution in [3.63, 3.8) is 0 Å². The Balaban J connectivity index is 2.36. The molecular weight excluding hydrogens is 269 g/mol. The van der Waals surface area contributed by atoms with Crippen molar-refractivity contribution >= 4 is 11.3 Å². The summed E-state index contributed by atoms with van der Waals surface area (Å²) in [6, 6.07) is 1.22. The van der Waals surface area contributed by atoms with Gasteiger partial charge in [0.25, 0.3) is 0 Å². The van der Waals surface area contributed by atoms with E-state index in [0.29, 0.717) is 11.3 Å². The van der Waals surface area contributed by atoms with Gasteiger partial charge in [0, 0.05) is 24.5 Å². The second-order valence-electron chi connectivity index (χ2n) is 4.67. The highest BCUT2D eigenvalue weighted by atomic mass is 19.4. The molecule has 2 heterocycles. The summed E-state index contributed by atoms with van der Waals surface area (Å²) < 4.78 is 39.3. The van der Waals surface area contributed by atoms with Crippen LogP contribution in [0.3, 0.4) is 0 Å². The lowest BCUT2D eigenvalue weighted by Gasteiger charge is -2.16. The van der Waals surface area contributed by atoms with Crippen LogP contribution in [0.2, 0.25) is 0 Å². The topological polar surface area (TPSA) is 42.2 Å². The van der Waals surface area contributed by atoms with Crippen LogP contribution in [0.25, 0.3) is 5.52 Å². The number of nitrogens with one attached hydrogen (secondary N) is 1. The molecule has 0 spiro atoms. The Morgan fingerprint density at radius 2 is 2.10 bits per heavy atom. The largest absolute Gasteiger partial charge is 0.435 e. The summed E-state index contributed by atoms with van der Waals surface area (Å²) in [7, 11) is 0. The SMILES string of the molecule is CCCC(CC)Nc1nccn2nc(C(F)(F)F)cc12. The van der Waals surface area contributed by atoms with Crippen molar-refractivity contribution in [1.82, 2.24) is 14.6 Å². The summed E-state index contributed by atoms with van der Waals surface area (Å²) in [5.74, 6) is 0.441. The van der Waals surface area contributed by atoms with Crippen molar-refractivity contribution in [3.05, 3.63) is 24.2 Å². The molecule has 2 aromatic rings. The molecule has 0 saturated heterocycles. The third kappa shape index (κ3) is 3.02. The van der Waals surface area contributed by atoms with E-state index in [0.717, 1.165) is 25.3 Å². The molecule has 110 valence electrons. The van der Waals surface area contributed by atoms with Gasteiger partial charge in [-0.3, -0.25) is 0 Å². The van der Waals surface area contributed by atoms with Gasteiger partial charge >= 0.3 is 6.18 Å². The van der Waals surface area contributed by atoms with E-state index in [1.807, 2.05) is 6.92 Å². The monoisotopic (exact) mass is 286 g/mol. The van der Waals surface area contributed by atoms with Gasteiger partial charge in [-0.25, -0.2) is 9.50 Å². The van der Waals surface area contributed by atoms with Crippen LogP contribution >= 0.6 is 0 Å². The molecule has 0 aliphatic rings. The Labute approximate surface area is 115 Å². The number of aromatic nitrogens is 3. The fraction of sp³-hybridized carbons (Fsp3) is 0.538. The Morgan fingerprint density at radius 1 is 1.35 bits per heavy atom. The molecule has 1 N–H and O–H groups in total. The second kappa shape index (κ2) is 5.68. The summed E-state index contributed by atoms with van der Waals surface area (Å²) in [6.07, 6.45) is 1.24. The molecule has 1 unspecified atom stereocenters. The number of nitrogens with zero attached hydrogens (tertiary/aromatic N) is 3. The highest BCUT2D eigenvalue weighted by Gasteiger charge is 2.34. The number of halogens is 3. The van der Waals surface area contributed by atoms with Gasteiger partial charge in [-0.1, -0.05) is 20.3 Å². The molecule has 20 heavy (non-hydrogen) atoms. The molecule has 7 heteroatoms. The van der Waals surface area contributed by atoms with Gasteiger partial charge < -0.3 is 5.32 Å². The lowest BCUT2D eigenvalue weighted by Crippen LogP contribution is -2.19. The number of hydrogen-bond acceptors (Lipinski definition) is 3. The molecule has 0 saturated carbocycles. The average Bonchev–Trinajstić information content (AvgIpc) is 2.83. The van der Waals surface area contributed by atoms with Gasteiger partial charge in [-0.15, -0.1) is 0 Å². The van der Waals surface area contributed by atoms with Crippen LogP contribution in [-0.2, 0) is 6.18 Å². The summed E-state index contributed by atoms with van der Waals surface area (Å²) in [5.41, 5.74) is -0.563. The first-order chi connectivity index (χ1) is 9.45. The molecular formula is C13H17F3N4. The van der Waals surface area contributed by atoms with Gasteiger partial charge in [0.15, 0.2) is 11.5 Å². The molecule has 0 aliphatic heterocycles. The molecule has 4 nitrogen and oxygen atoms in total. The van der Waals surface area contributed by atoms with E-state index in [9.17, 15) is 13.2 Å². The van der Waals surface area contributed by atoms with Crippen LogP contribution in [0.15, 0.2) is 18.5 Å². The maximum Gasteiger partial charge on any atom is 0.435 e. The van der Waals surface area contributed by atoms with Crippen molar-refractivity contribution in [2.45, 2.75) is 45.3 Å². The number of anilines is 1. The lowest BCUT2D eigenvalue weighted by atomic mass is 10.1. The Bertz CT molecular complexity index is 576. The van der Waals surface area contributed by atoms with Crippen LogP contribution < -0.4 is 5.32 Å². The quantitative estimate of drug-likeness (QED) is 0.910. The van der Waals surface area contributed by atoms with Crippen molar-refractivity contribution in [3.8, 4) is 0 Å². The molecule has 0 bridgehead atoms. The third-order valence-corrected chi connectivity index (χ3v) is 3.15. The van der Waals surface area contributed by atoms with E-state index < -0.39 is 11.9 Å². The van der Waals surface area contributed by atoms with Crippen LogP contribution in [-0.4, -0.2) is 20.6 Å².